The molecule has 1 aliphatic heterocycles. The van der Waals surface area contributed by atoms with Crippen LogP contribution in [0.2, 0.25) is 0 Å². The van der Waals surface area contributed by atoms with Crippen molar-refractivity contribution in [1.82, 2.24) is 20.4 Å². The molecule has 0 amide bonds. The summed E-state index contributed by atoms with van der Waals surface area (Å²) in [6.45, 7) is 12.0. The molecular weight excluding hydrogens is 453 g/mol. The molecule has 1 fully saturated rings. The summed E-state index contributed by atoms with van der Waals surface area (Å²) in [4.78, 5) is 9.34. The van der Waals surface area contributed by atoms with Crippen LogP contribution in [-0.2, 0) is 0 Å². The molecule has 27 heavy (non-hydrogen) atoms. The molecule has 1 aromatic heterocycles. The maximum atomic E-state index is 5.68. The number of aliphatic imine (C=N–C) groups is 1. The third-order valence-corrected chi connectivity index (χ3v) is 5.23. The van der Waals surface area contributed by atoms with Gasteiger partial charge < -0.3 is 20.0 Å². The van der Waals surface area contributed by atoms with Crippen molar-refractivity contribution in [3.63, 3.8) is 0 Å². The summed E-state index contributed by atoms with van der Waals surface area (Å²) in [7, 11) is 1.84. The van der Waals surface area contributed by atoms with Gasteiger partial charge in [-0.05, 0) is 70.5 Å². The number of rotatable bonds is 11. The minimum atomic E-state index is 0. The lowest BCUT2D eigenvalue weighted by Gasteiger charge is -2.26. The number of likely N-dealkylation sites (tertiary alicyclic amines) is 1. The second kappa shape index (κ2) is 14.2. The van der Waals surface area contributed by atoms with Crippen molar-refractivity contribution in [2.24, 2.45) is 4.99 Å². The van der Waals surface area contributed by atoms with E-state index in [1.165, 1.54) is 25.8 Å². The molecule has 1 atom stereocenters. The molecule has 0 saturated carbocycles. The van der Waals surface area contributed by atoms with Gasteiger partial charge in [0.15, 0.2) is 5.96 Å². The largest absolute Gasteiger partial charge is 0.468 e. The van der Waals surface area contributed by atoms with Crippen LogP contribution in [0, 0.1) is 0 Å². The molecule has 156 valence electrons. The summed E-state index contributed by atoms with van der Waals surface area (Å²) in [6.07, 6.45) is 6.69. The fraction of sp³-hybridized carbons (Fsp3) is 0.750. The highest BCUT2D eigenvalue weighted by Crippen LogP contribution is 2.24. The molecule has 0 aliphatic carbocycles. The van der Waals surface area contributed by atoms with E-state index in [-0.39, 0.29) is 30.0 Å². The van der Waals surface area contributed by atoms with Gasteiger partial charge in [-0.15, -0.1) is 24.0 Å². The Morgan fingerprint density at radius 3 is 2.56 bits per heavy atom. The quantitative estimate of drug-likeness (QED) is 0.215. The predicted molar refractivity (Wildman–Crippen MR) is 124 cm³/mol. The minimum absolute atomic E-state index is 0. The van der Waals surface area contributed by atoms with Crippen LogP contribution >= 0.6 is 24.0 Å². The highest BCUT2D eigenvalue weighted by atomic mass is 127. The van der Waals surface area contributed by atoms with Crippen molar-refractivity contribution in [1.29, 1.82) is 0 Å². The molecule has 2 N–H and O–H groups in total. The van der Waals surface area contributed by atoms with Gasteiger partial charge >= 0.3 is 0 Å². The van der Waals surface area contributed by atoms with Crippen molar-refractivity contribution >= 4 is 29.9 Å². The van der Waals surface area contributed by atoms with Crippen LogP contribution in [0.5, 0.6) is 0 Å². The first-order valence-electron chi connectivity index (χ1n) is 10.2. The van der Waals surface area contributed by atoms with Crippen LogP contribution in [0.25, 0.3) is 0 Å². The van der Waals surface area contributed by atoms with Gasteiger partial charge in [0.05, 0.1) is 12.3 Å². The molecule has 0 aromatic carbocycles. The van der Waals surface area contributed by atoms with Crippen LogP contribution in [-0.4, -0.2) is 68.6 Å². The molecule has 7 heteroatoms. The van der Waals surface area contributed by atoms with Crippen molar-refractivity contribution in [2.45, 2.75) is 45.6 Å². The predicted octanol–water partition coefficient (Wildman–Crippen LogP) is 3.32. The van der Waals surface area contributed by atoms with Crippen LogP contribution in [0.4, 0.5) is 0 Å². The van der Waals surface area contributed by atoms with Gasteiger partial charge in [0, 0.05) is 20.1 Å². The lowest BCUT2D eigenvalue weighted by atomic mass is 10.2. The molecule has 1 aliphatic rings. The van der Waals surface area contributed by atoms with Gasteiger partial charge in [0.1, 0.15) is 5.76 Å². The number of hydrogen-bond donors (Lipinski definition) is 2. The Labute approximate surface area is 182 Å². The first-order valence-corrected chi connectivity index (χ1v) is 10.2. The number of furan rings is 1. The first-order chi connectivity index (χ1) is 12.8. The average Bonchev–Trinajstić information content (AvgIpc) is 3.37. The van der Waals surface area contributed by atoms with Gasteiger partial charge in [-0.2, -0.15) is 0 Å². The minimum Gasteiger partial charge on any atom is -0.468 e. The van der Waals surface area contributed by atoms with Gasteiger partial charge in [0.2, 0.25) is 0 Å². The van der Waals surface area contributed by atoms with Crippen LogP contribution in [0.3, 0.4) is 0 Å². The highest BCUT2D eigenvalue weighted by molar-refractivity contribution is 14.0. The van der Waals surface area contributed by atoms with E-state index in [4.69, 9.17) is 4.42 Å². The van der Waals surface area contributed by atoms with E-state index < -0.39 is 0 Å². The van der Waals surface area contributed by atoms with Gasteiger partial charge in [-0.1, -0.05) is 13.8 Å². The second-order valence-corrected chi connectivity index (χ2v) is 6.89. The number of hydrogen-bond acceptors (Lipinski definition) is 4. The molecule has 1 unspecified atom stereocenters. The zero-order valence-electron chi connectivity index (χ0n) is 17.2. The molecule has 0 bridgehead atoms. The standard InChI is InChI=1S/C20H37N5O.HI/c1-4-24(5-2)13-7-6-12-22-20(21-3)23-17-18(19-11-10-16-26-19)25-14-8-9-15-25;/h10-11,16,18H,4-9,12-15,17H2,1-3H3,(H2,21,22,23);1H. The Kier molecular flexibility index (Phi) is 12.8. The zero-order chi connectivity index (χ0) is 18.6. The monoisotopic (exact) mass is 491 g/mol. The van der Waals surface area contributed by atoms with E-state index in [2.05, 4.69) is 45.3 Å². The van der Waals surface area contributed by atoms with Gasteiger partial charge in [0.25, 0.3) is 0 Å². The lowest BCUT2D eigenvalue weighted by Crippen LogP contribution is -2.43. The lowest BCUT2D eigenvalue weighted by molar-refractivity contribution is 0.215. The number of unbranched alkanes of at least 4 members (excludes halogenated alkanes) is 1. The van der Waals surface area contributed by atoms with Crippen molar-refractivity contribution in [2.75, 3.05) is 52.9 Å². The average molecular weight is 491 g/mol. The van der Waals surface area contributed by atoms with E-state index in [1.807, 2.05) is 13.1 Å². The number of halogens is 1. The van der Waals surface area contributed by atoms with Gasteiger partial charge in [-0.25, -0.2) is 0 Å². The Morgan fingerprint density at radius 1 is 1.22 bits per heavy atom. The third-order valence-electron chi connectivity index (χ3n) is 5.23. The van der Waals surface area contributed by atoms with Crippen molar-refractivity contribution in [3.8, 4) is 0 Å². The SMILES string of the molecule is CCN(CC)CCCCNC(=NC)NCC(c1ccco1)N1CCCC1.I. The topological polar surface area (TPSA) is 56.0 Å². The summed E-state index contributed by atoms with van der Waals surface area (Å²) in [5.41, 5.74) is 0. The molecule has 1 saturated heterocycles. The van der Waals surface area contributed by atoms with Crippen LogP contribution in [0.1, 0.15) is 51.3 Å². The molecule has 2 rings (SSSR count). The third kappa shape index (κ3) is 8.39. The Bertz CT molecular complexity index is 498. The summed E-state index contributed by atoms with van der Waals surface area (Å²) < 4.78 is 5.68. The number of nitrogens with zero attached hydrogens (tertiary/aromatic N) is 3. The molecule has 6 nitrogen and oxygen atoms in total. The van der Waals surface area contributed by atoms with E-state index in [0.717, 1.165) is 57.4 Å². The molecular formula is C20H38IN5O. The Morgan fingerprint density at radius 2 is 1.96 bits per heavy atom. The van der Waals surface area contributed by atoms with E-state index in [9.17, 15) is 0 Å². The van der Waals surface area contributed by atoms with Gasteiger partial charge in [-0.3, -0.25) is 9.89 Å². The fourth-order valence-corrected chi connectivity index (χ4v) is 3.56. The smallest absolute Gasteiger partial charge is 0.191 e. The van der Waals surface area contributed by atoms with Crippen molar-refractivity contribution < 1.29 is 4.42 Å². The molecule has 2 heterocycles. The number of nitrogens with one attached hydrogen (secondary N) is 2. The maximum absolute atomic E-state index is 5.68. The maximum Gasteiger partial charge on any atom is 0.191 e. The van der Waals surface area contributed by atoms with Crippen LogP contribution in [0.15, 0.2) is 27.8 Å². The fourth-order valence-electron chi connectivity index (χ4n) is 3.56. The summed E-state index contributed by atoms with van der Waals surface area (Å²) in [5, 5.41) is 6.93. The van der Waals surface area contributed by atoms with E-state index >= 15 is 0 Å². The Hall–Kier alpha value is -0.800. The summed E-state index contributed by atoms with van der Waals surface area (Å²) in [5.74, 6) is 1.91. The van der Waals surface area contributed by atoms with E-state index in [0.29, 0.717) is 0 Å². The second-order valence-electron chi connectivity index (χ2n) is 6.89. The first kappa shape index (κ1) is 24.2. The summed E-state index contributed by atoms with van der Waals surface area (Å²) in [6, 6.07) is 4.32. The zero-order valence-corrected chi connectivity index (χ0v) is 19.6. The number of guanidine groups is 1. The molecule has 1 aromatic rings. The van der Waals surface area contributed by atoms with Crippen LogP contribution < -0.4 is 10.6 Å². The summed E-state index contributed by atoms with van der Waals surface area (Å²) >= 11 is 0. The van der Waals surface area contributed by atoms with E-state index in [1.54, 1.807) is 6.26 Å². The molecule has 0 radical (unpaired) electrons. The Balaban J connectivity index is 0.00000364. The highest BCUT2D eigenvalue weighted by Gasteiger charge is 2.25. The normalized spacial score (nSPS) is 16.4. The van der Waals surface area contributed by atoms with Crippen molar-refractivity contribution in [3.05, 3.63) is 24.2 Å². The molecule has 0 spiro atoms.